The van der Waals surface area contributed by atoms with Gasteiger partial charge >= 0.3 is 0 Å². The topological polar surface area (TPSA) is 9.23 Å². The molecule has 13 heavy (non-hydrogen) atoms. The summed E-state index contributed by atoms with van der Waals surface area (Å²) in [6.45, 7) is 0.542. The molecule has 0 aromatic heterocycles. The lowest BCUT2D eigenvalue weighted by Crippen LogP contribution is -2.00. The van der Waals surface area contributed by atoms with Gasteiger partial charge in [0.25, 0.3) is 0 Å². The third-order valence-electron chi connectivity index (χ3n) is 1.49. The van der Waals surface area contributed by atoms with E-state index in [2.05, 4.69) is 32.8 Å². The van der Waals surface area contributed by atoms with E-state index in [4.69, 9.17) is 4.74 Å². The van der Waals surface area contributed by atoms with Crippen molar-refractivity contribution < 1.29 is 9.13 Å². The molecular weight excluding hydrogens is 298 g/mol. The first-order chi connectivity index (χ1) is 6.25. The van der Waals surface area contributed by atoms with Gasteiger partial charge in [0.1, 0.15) is 0 Å². The van der Waals surface area contributed by atoms with Crippen LogP contribution in [0.2, 0.25) is 6.04 Å². The molecule has 0 amide bonds. The molecule has 0 aliphatic heterocycles. The lowest BCUT2D eigenvalue weighted by molar-refractivity contribution is 0.299. The predicted molar refractivity (Wildman–Crippen MR) is 59.8 cm³/mol. The van der Waals surface area contributed by atoms with Gasteiger partial charge in [-0.15, -0.1) is 0 Å². The van der Waals surface area contributed by atoms with Crippen molar-refractivity contribution in [3.63, 3.8) is 0 Å². The van der Waals surface area contributed by atoms with Gasteiger partial charge in [0.05, 0.1) is 10.2 Å². The average Bonchev–Trinajstić information content (AvgIpc) is 2.10. The maximum atomic E-state index is 13.1. The number of para-hydroxylation sites is 1. The Balaban J connectivity index is 2.64. The third kappa shape index (κ3) is 3.26. The molecule has 69 valence electrons. The Morgan fingerprint density at radius 1 is 1.46 bits per heavy atom. The Kier molecular flexibility index (Phi) is 4.72. The van der Waals surface area contributed by atoms with Gasteiger partial charge < -0.3 is 4.74 Å². The molecule has 0 spiro atoms. The fourth-order valence-corrected chi connectivity index (χ4v) is 1.63. The second-order valence-electron chi connectivity index (χ2n) is 2.50. The van der Waals surface area contributed by atoms with Gasteiger partial charge in [-0.05, 0) is 41.1 Å². The van der Waals surface area contributed by atoms with Crippen LogP contribution in [0.3, 0.4) is 0 Å². The molecule has 3 radical (unpaired) electrons. The van der Waals surface area contributed by atoms with Crippen LogP contribution in [0.5, 0.6) is 5.75 Å². The molecule has 0 unspecified atom stereocenters. The van der Waals surface area contributed by atoms with Gasteiger partial charge in [0, 0.05) is 10.2 Å². The zero-order chi connectivity index (χ0) is 9.68. The van der Waals surface area contributed by atoms with Gasteiger partial charge in [-0.25, -0.2) is 4.39 Å². The monoisotopic (exact) mass is 307 g/mol. The summed E-state index contributed by atoms with van der Waals surface area (Å²) in [7, 11) is 3.33. The SMILES string of the molecule is Fc1cccc(I)c1OCCC[Si]. The maximum absolute atomic E-state index is 13.1. The molecule has 0 bridgehead atoms. The normalized spacial score (nSPS) is 10.1. The molecule has 0 atom stereocenters. The molecule has 1 nitrogen and oxygen atoms in total. The Hall–Kier alpha value is -0.103. The van der Waals surface area contributed by atoms with Crippen LogP contribution in [0.1, 0.15) is 6.42 Å². The van der Waals surface area contributed by atoms with Crippen LogP contribution in [-0.2, 0) is 0 Å². The molecule has 0 aliphatic rings. The zero-order valence-electron chi connectivity index (χ0n) is 7.02. The van der Waals surface area contributed by atoms with E-state index < -0.39 is 0 Å². The van der Waals surface area contributed by atoms with Crippen molar-refractivity contribution >= 4 is 32.8 Å². The predicted octanol–water partition coefficient (Wildman–Crippen LogP) is 2.79. The minimum Gasteiger partial charge on any atom is -0.489 e. The summed E-state index contributed by atoms with van der Waals surface area (Å²) in [6.07, 6.45) is 0.876. The number of benzene rings is 1. The Bertz CT molecular complexity index is 260. The minimum absolute atomic E-state index is 0.291. The second-order valence-corrected chi connectivity index (χ2v) is 4.16. The highest BCUT2D eigenvalue weighted by Crippen LogP contribution is 2.24. The average molecular weight is 307 g/mol. The van der Waals surface area contributed by atoms with E-state index in [0.29, 0.717) is 12.4 Å². The smallest absolute Gasteiger partial charge is 0.168 e. The molecule has 0 fully saturated rings. The highest BCUT2D eigenvalue weighted by Gasteiger charge is 2.06. The van der Waals surface area contributed by atoms with Crippen LogP contribution >= 0.6 is 22.6 Å². The van der Waals surface area contributed by atoms with Gasteiger partial charge in [-0.2, -0.15) is 0 Å². The largest absolute Gasteiger partial charge is 0.489 e. The summed E-state index contributed by atoms with van der Waals surface area (Å²) in [5.41, 5.74) is 0. The highest BCUT2D eigenvalue weighted by molar-refractivity contribution is 14.1. The maximum Gasteiger partial charge on any atom is 0.168 e. The summed E-state index contributed by atoms with van der Waals surface area (Å²) >= 11 is 2.06. The van der Waals surface area contributed by atoms with E-state index in [1.54, 1.807) is 6.07 Å². The summed E-state index contributed by atoms with van der Waals surface area (Å²) in [5, 5.41) is 0. The Labute approximate surface area is 94.2 Å². The molecular formula is C9H9FIOSi. The molecule has 0 heterocycles. The minimum atomic E-state index is -0.291. The lowest BCUT2D eigenvalue weighted by atomic mass is 10.3. The van der Waals surface area contributed by atoms with Crippen molar-refractivity contribution in [1.82, 2.24) is 0 Å². The van der Waals surface area contributed by atoms with E-state index in [9.17, 15) is 4.39 Å². The van der Waals surface area contributed by atoms with Gasteiger partial charge in [0.2, 0.25) is 0 Å². The van der Waals surface area contributed by atoms with Crippen LogP contribution in [0.15, 0.2) is 18.2 Å². The lowest BCUT2D eigenvalue weighted by Gasteiger charge is -2.07. The first kappa shape index (κ1) is 11.0. The summed E-state index contributed by atoms with van der Waals surface area (Å²) in [4.78, 5) is 0. The van der Waals surface area contributed by atoms with Gasteiger partial charge in [-0.3, -0.25) is 0 Å². The summed E-state index contributed by atoms with van der Waals surface area (Å²) in [5.74, 6) is 0.0732. The van der Waals surface area contributed by atoms with Gasteiger partial charge in [0.15, 0.2) is 11.6 Å². The van der Waals surface area contributed by atoms with E-state index in [0.717, 1.165) is 16.0 Å². The summed E-state index contributed by atoms with van der Waals surface area (Å²) in [6, 6.07) is 5.77. The number of halogens is 2. The van der Waals surface area contributed by atoms with E-state index in [1.807, 2.05) is 6.07 Å². The molecule has 1 rings (SSSR count). The Morgan fingerprint density at radius 3 is 2.85 bits per heavy atom. The fraction of sp³-hybridized carbons (Fsp3) is 0.333. The second kappa shape index (κ2) is 5.59. The molecule has 0 N–H and O–H groups in total. The molecule has 0 aliphatic carbocycles. The van der Waals surface area contributed by atoms with Crippen LogP contribution < -0.4 is 4.74 Å². The quantitative estimate of drug-likeness (QED) is 0.472. The van der Waals surface area contributed by atoms with Crippen LogP contribution in [0, 0.1) is 9.39 Å². The van der Waals surface area contributed by atoms with Gasteiger partial charge in [-0.1, -0.05) is 12.1 Å². The third-order valence-corrected chi connectivity index (χ3v) is 2.69. The fourth-order valence-electron chi connectivity index (χ4n) is 0.867. The number of rotatable bonds is 4. The molecule has 0 saturated carbocycles. The van der Waals surface area contributed by atoms with Crippen LogP contribution in [0.25, 0.3) is 0 Å². The van der Waals surface area contributed by atoms with E-state index in [1.165, 1.54) is 6.07 Å². The van der Waals surface area contributed by atoms with E-state index >= 15 is 0 Å². The number of hydrogen-bond donors (Lipinski definition) is 0. The number of hydrogen-bond acceptors (Lipinski definition) is 1. The van der Waals surface area contributed by atoms with Crippen molar-refractivity contribution in [3.05, 3.63) is 27.6 Å². The van der Waals surface area contributed by atoms with E-state index in [-0.39, 0.29) is 5.82 Å². The van der Waals surface area contributed by atoms with Crippen molar-refractivity contribution in [1.29, 1.82) is 0 Å². The highest BCUT2D eigenvalue weighted by atomic mass is 127. The van der Waals surface area contributed by atoms with Crippen LogP contribution in [-0.4, -0.2) is 16.8 Å². The Morgan fingerprint density at radius 2 is 2.23 bits per heavy atom. The molecule has 1 aromatic rings. The van der Waals surface area contributed by atoms with Crippen molar-refractivity contribution in [2.75, 3.05) is 6.61 Å². The molecule has 4 heteroatoms. The van der Waals surface area contributed by atoms with Crippen molar-refractivity contribution in [3.8, 4) is 5.75 Å². The first-order valence-corrected chi connectivity index (χ1v) is 5.75. The zero-order valence-corrected chi connectivity index (χ0v) is 10.2. The van der Waals surface area contributed by atoms with Crippen LogP contribution in [0.4, 0.5) is 4.39 Å². The molecule has 0 saturated heterocycles. The number of ether oxygens (including phenoxy) is 1. The first-order valence-electron chi connectivity index (χ1n) is 3.97. The molecule has 1 aromatic carbocycles. The summed E-state index contributed by atoms with van der Waals surface area (Å²) < 4.78 is 19.2. The standard InChI is InChI=1S/C9H9FIOSi/c10-7-3-1-4-8(11)9(7)12-5-2-6-13/h1,3-4H,2,5-6H2. The van der Waals surface area contributed by atoms with Crippen molar-refractivity contribution in [2.24, 2.45) is 0 Å². The van der Waals surface area contributed by atoms with Crippen molar-refractivity contribution in [2.45, 2.75) is 12.5 Å².